The lowest BCUT2D eigenvalue weighted by Crippen LogP contribution is -2.02. The van der Waals surface area contributed by atoms with E-state index < -0.39 is 0 Å². The van der Waals surface area contributed by atoms with Crippen molar-refractivity contribution in [3.63, 3.8) is 0 Å². The lowest BCUT2D eigenvalue weighted by Gasteiger charge is -2.08. The van der Waals surface area contributed by atoms with Gasteiger partial charge in [0.2, 0.25) is 5.95 Å². The number of aryl methyl sites for hydroxylation is 1. The van der Waals surface area contributed by atoms with E-state index in [4.69, 9.17) is 17.3 Å². The van der Waals surface area contributed by atoms with Gasteiger partial charge in [0, 0.05) is 10.2 Å². The van der Waals surface area contributed by atoms with Crippen molar-refractivity contribution in [1.82, 2.24) is 14.5 Å². The average Bonchev–Trinajstić information content (AvgIpc) is 2.65. The Morgan fingerprint density at radius 2 is 2.00 bits per heavy atom. The van der Waals surface area contributed by atoms with E-state index in [0.717, 1.165) is 21.4 Å². The van der Waals surface area contributed by atoms with Crippen LogP contribution in [0.3, 0.4) is 0 Å². The number of halogens is 2. The van der Waals surface area contributed by atoms with E-state index in [-0.39, 0.29) is 0 Å². The molecule has 0 radical (unpaired) electrons. The van der Waals surface area contributed by atoms with Crippen molar-refractivity contribution in [3.8, 4) is 5.69 Å². The predicted octanol–water partition coefficient (Wildman–Crippen LogP) is 3.73. The Kier molecular flexibility index (Phi) is 2.95. The van der Waals surface area contributed by atoms with E-state index in [9.17, 15) is 0 Å². The minimum Gasteiger partial charge on any atom is -0.369 e. The lowest BCUT2D eigenvalue weighted by molar-refractivity contribution is 1.07. The molecule has 1 aromatic carbocycles. The molecule has 6 heteroatoms. The van der Waals surface area contributed by atoms with Crippen molar-refractivity contribution in [2.75, 3.05) is 5.73 Å². The van der Waals surface area contributed by atoms with Gasteiger partial charge in [-0.3, -0.25) is 4.57 Å². The second kappa shape index (κ2) is 4.51. The molecule has 0 spiro atoms. The second-order valence-corrected chi connectivity index (χ2v) is 5.52. The number of pyridine rings is 1. The number of hydrogen-bond donors (Lipinski definition) is 1. The van der Waals surface area contributed by atoms with Gasteiger partial charge in [-0.1, -0.05) is 27.5 Å². The Morgan fingerprint density at radius 3 is 2.74 bits per heavy atom. The van der Waals surface area contributed by atoms with Crippen LogP contribution in [0.1, 0.15) is 5.69 Å². The van der Waals surface area contributed by atoms with E-state index in [1.165, 1.54) is 0 Å². The van der Waals surface area contributed by atoms with E-state index in [0.29, 0.717) is 16.6 Å². The number of imidazole rings is 1. The number of hydrogen-bond acceptors (Lipinski definition) is 3. The van der Waals surface area contributed by atoms with Gasteiger partial charge in [0.05, 0.1) is 10.7 Å². The van der Waals surface area contributed by atoms with Gasteiger partial charge in [-0.25, -0.2) is 9.97 Å². The molecule has 0 atom stereocenters. The SMILES string of the molecule is Cc1ccc2nc(N)n(-c3ccc(Br)cc3Cl)c2n1. The van der Waals surface area contributed by atoms with Gasteiger partial charge < -0.3 is 5.73 Å². The maximum absolute atomic E-state index is 6.27. The van der Waals surface area contributed by atoms with Gasteiger partial charge in [0.1, 0.15) is 5.52 Å². The third kappa shape index (κ3) is 2.09. The zero-order valence-corrected chi connectivity index (χ0v) is 12.4. The minimum atomic E-state index is 0.373. The maximum Gasteiger partial charge on any atom is 0.207 e. The fourth-order valence-corrected chi connectivity index (χ4v) is 2.73. The summed E-state index contributed by atoms with van der Waals surface area (Å²) in [6.45, 7) is 1.93. The van der Waals surface area contributed by atoms with Crippen molar-refractivity contribution < 1.29 is 0 Å². The fourth-order valence-electron chi connectivity index (χ4n) is 1.97. The molecule has 0 fully saturated rings. The van der Waals surface area contributed by atoms with Gasteiger partial charge in [0.25, 0.3) is 0 Å². The Morgan fingerprint density at radius 1 is 1.21 bits per heavy atom. The first-order valence-electron chi connectivity index (χ1n) is 5.63. The largest absolute Gasteiger partial charge is 0.369 e. The molecule has 0 unspecified atom stereocenters. The molecule has 4 nitrogen and oxygen atoms in total. The van der Waals surface area contributed by atoms with Crippen LogP contribution in [-0.2, 0) is 0 Å². The molecule has 0 saturated heterocycles. The summed E-state index contributed by atoms with van der Waals surface area (Å²) in [4.78, 5) is 8.79. The van der Waals surface area contributed by atoms with Gasteiger partial charge in [-0.05, 0) is 37.3 Å². The van der Waals surface area contributed by atoms with Gasteiger partial charge in [-0.15, -0.1) is 0 Å². The van der Waals surface area contributed by atoms with Crippen LogP contribution in [0.5, 0.6) is 0 Å². The van der Waals surface area contributed by atoms with Crippen LogP contribution < -0.4 is 5.73 Å². The number of benzene rings is 1. The molecule has 2 N–H and O–H groups in total. The molecule has 2 heterocycles. The van der Waals surface area contributed by atoms with Crippen LogP contribution in [-0.4, -0.2) is 14.5 Å². The number of nitrogens with two attached hydrogens (primary N) is 1. The molecule has 0 aliphatic heterocycles. The van der Waals surface area contributed by atoms with Crippen LogP contribution in [0.2, 0.25) is 5.02 Å². The molecular weight excluding hydrogens is 328 g/mol. The second-order valence-electron chi connectivity index (χ2n) is 4.20. The number of aromatic nitrogens is 3. The monoisotopic (exact) mass is 336 g/mol. The normalized spacial score (nSPS) is 11.1. The molecule has 2 aromatic heterocycles. The lowest BCUT2D eigenvalue weighted by atomic mass is 10.3. The van der Waals surface area contributed by atoms with Crippen LogP contribution >= 0.6 is 27.5 Å². The molecule has 0 amide bonds. The fraction of sp³-hybridized carbons (Fsp3) is 0.0769. The summed E-state index contributed by atoms with van der Waals surface area (Å²) in [5.41, 5.74) is 9.12. The standard InChI is InChI=1S/C13H10BrClN4/c1-7-2-4-10-12(17-7)19(13(16)18-10)11-5-3-8(14)6-9(11)15/h2-6H,1H3,(H2,16,18). The molecule has 3 aromatic rings. The highest BCUT2D eigenvalue weighted by Gasteiger charge is 2.14. The zero-order chi connectivity index (χ0) is 13.6. The highest BCUT2D eigenvalue weighted by atomic mass is 79.9. The summed E-state index contributed by atoms with van der Waals surface area (Å²) in [6.07, 6.45) is 0. The molecule has 96 valence electrons. The zero-order valence-electron chi connectivity index (χ0n) is 10.1. The van der Waals surface area contributed by atoms with E-state index >= 15 is 0 Å². The molecule has 3 rings (SSSR count). The Hall–Kier alpha value is -1.59. The van der Waals surface area contributed by atoms with Crippen molar-refractivity contribution >= 4 is 44.6 Å². The summed E-state index contributed by atoms with van der Waals surface area (Å²) in [5, 5.41) is 0.587. The topological polar surface area (TPSA) is 56.7 Å². The Bertz CT molecular complexity index is 782. The van der Waals surface area contributed by atoms with Gasteiger partial charge >= 0.3 is 0 Å². The minimum absolute atomic E-state index is 0.373. The first-order chi connectivity index (χ1) is 9.06. The predicted molar refractivity (Wildman–Crippen MR) is 80.7 cm³/mol. The first-order valence-corrected chi connectivity index (χ1v) is 6.80. The van der Waals surface area contributed by atoms with E-state index in [1.807, 2.05) is 37.3 Å². The summed E-state index contributed by atoms with van der Waals surface area (Å²) in [5.74, 6) is 0.373. The molecule has 19 heavy (non-hydrogen) atoms. The van der Waals surface area contributed by atoms with Crippen LogP contribution in [0.15, 0.2) is 34.8 Å². The number of anilines is 1. The van der Waals surface area contributed by atoms with Crippen LogP contribution in [0.25, 0.3) is 16.9 Å². The number of fused-ring (bicyclic) bond motifs is 1. The molecule has 0 aliphatic rings. The van der Waals surface area contributed by atoms with Crippen LogP contribution in [0, 0.1) is 6.92 Å². The van der Waals surface area contributed by atoms with Crippen molar-refractivity contribution in [2.45, 2.75) is 6.92 Å². The molecule has 0 saturated carbocycles. The molecular formula is C13H10BrClN4. The first kappa shape index (κ1) is 12.4. The Balaban J connectivity index is 2.35. The highest BCUT2D eigenvalue weighted by Crippen LogP contribution is 2.29. The summed E-state index contributed by atoms with van der Waals surface area (Å²) >= 11 is 9.65. The quantitative estimate of drug-likeness (QED) is 0.736. The van der Waals surface area contributed by atoms with Crippen LogP contribution in [0.4, 0.5) is 5.95 Å². The highest BCUT2D eigenvalue weighted by molar-refractivity contribution is 9.10. The summed E-state index contributed by atoms with van der Waals surface area (Å²) < 4.78 is 2.67. The third-order valence-corrected chi connectivity index (χ3v) is 3.62. The molecule has 0 bridgehead atoms. The van der Waals surface area contributed by atoms with Crippen molar-refractivity contribution in [2.24, 2.45) is 0 Å². The number of rotatable bonds is 1. The summed E-state index contributed by atoms with van der Waals surface area (Å²) in [7, 11) is 0. The van der Waals surface area contributed by atoms with E-state index in [1.54, 1.807) is 4.57 Å². The summed E-state index contributed by atoms with van der Waals surface area (Å²) in [6, 6.07) is 9.41. The van der Waals surface area contributed by atoms with Gasteiger partial charge in [-0.2, -0.15) is 0 Å². The number of nitrogen functional groups attached to an aromatic ring is 1. The van der Waals surface area contributed by atoms with Crippen molar-refractivity contribution in [3.05, 3.63) is 45.5 Å². The average molecular weight is 338 g/mol. The van der Waals surface area contributed by atoms with Gasteiger partial charge in [0.15, 0.2) is 5.65 Å². The third-order valence-electron chi connectivity index (χ3n) is 2.82. The molecule has 0 aliphatic carbocycles. The van der Waals surface area contributed by atoms with Crippen molar-refractivity contribution in [1.29, 1.82) is 0 Å². The van der Waals surface area contributed by atoms with E-state index in [2.05, 4.69) is 25.9 Å². The maximum atomic E-state index is 6.27. The Labute approximate surface area is 123 Å². The number of nitrogens with zero attached hydrogens (tertiary/aromatic N) is 3. The smallest absolute Gasteiger partial charge is 0.207 e.